The van der Waals surface area contributed by atoms with Crippen molar-refractivity contribution in [2.45, 2.75) is 32.3 Å². The van der Waals surface area contributed by atoms with Gasteiger partial charge in [-0.3, -0.25) is 9.59 Å². The molecule has 0 radical (unpaired) electrons. The number of hydrogen-bond acceptors (Lipinski definition) is 5. The van der Waals surface area contributed by atoms with Crippen molar-refractivity contribution in [3.8, 4) is 0 Å². The van der Waals surface area contributed by atoms with Gasteiger partial charge in [0.1, 0.15) is 0 Å². The second-order valence-electron chi connectivity index (χ2n) is 5.52. The molecule has 2 rings (SSSR count). The zero-order chi connectivity index (χ0) is 14.7. The van der Waals surface area contributed by atoms with Crippen LogP contribution in [0.25, 0.3) is 0 Å². The lowest BCUT2D eigenvalue weighted by Crippen LogP contribution is -2.46. The molecule has 0 spiro atoms. The van der Waals surface area contributed by atoms with Gasteiger partial charge in [-0.1, -0.05) is 12.2 Å². The number of aliphatic hydroxyl groups is 1. The molecule has 2 aliphatic rings. The van der Waals surface area contributed by atoms with E-state index >= 15 is 0 Å². The Morgan fingerprint density at radius 3 is 2.70 bits per heavy atom. The van der Waals surface area contributed by atoms with Crippen molar-refractivity contribution >= 4 is 11.9 Å². The van der Waals surface area contributed by atoms with Gasteiger partial charge in [0, 0.05) is 5.92 Å². The minimum Gasteiger partial charge on any atom is -0.469 e. The zero-order valence-electron chi connectivity index (χ0n) is 12.0. The lowest BCUT2D eigenvalue weighted by molar-refractivity contribution is -0.158. The number of methoxy groups -OCH3 is 1. The second-order valence-corrected chi connectivity index (χ2v) is 5.52. The van der Waals surface area contributed by atoms with Crippen LogP contribution in [-0.2, 0) is 19.1 Å². The predicted molar refractivity (Wildman–Crippen MR) is 71.6 cm³/mol. The first-order valence-corrected chi connectivity index (χ1v) is 7.17. The molecule has 0 aromatic heterocycles. The smallest absolute Gasteiger partial charge is 0.309 e. The van der Waals surface area contributed by atoms with E-state index in [1.54, 1.807) is 6.92 Å². The third-order valence-corrected chi connectivity index (χ3v) is 4.38. The van der Waals surface area contributed by atoms with Gasteiger partial charge in [-0.25, -0.2) is 0 Å². The molecule has 0 bridgehead atoms. The van der Waals surface area contributed by atoms with E-state index in [4.69, 9.17) is 9.47 Å². The molecule has 1 fully saturated rings. The topological polar surface area (TPSA) is 72.8 Å². The monoisotopic (exact) mass is 282 g/mol. The first-order valence-electron chi connectivity index (χ1n) is 7.17. The largest absolute Gasteiger partial charge is 0.469 e. The molecular weight excluding hydrogens is 260 g/mol. The summed E-state index contributed by atoms with van der Waals surface area (Å²) in [4.78, 5) is 23.7. The third-order valence-electron chi connectivity index (χ3n) is 4.38. The Morgan fingerprint density at radius 2 is 2.05 bits per heavy atom. The van der Waals surface area contributed by atoms with Gasteiger partial charge in [0.05, 0.1) is 31.7 Å². The van der Waals surface area contributed by atoms with Crippen LogP contribution in [0.5, 0.6) is 0 Å². The normalized spacial score (nSPS) is 36.0. The van der Waals surface area contributed by atoms with Crippen molar-refractivity contribution in [3.63, 3.8) is 0 Å². The molecular formula is C15H22O5. The third kappa shape index (κ3) is 2.87. The average Bonchev–Trinajstić information content (AvgIpc) is 2.45. The van der Waals surface area contributed by atoms with E-state index in [1.165, 1.54) is 7.11 Å². The molecule has 5 nitrogen and oxygen atoms in total. The summed E-state index contributed by atoms with van der Waals surface area (Å²) < 4.78 is 9.86. The minimum atomic E-state index is -0.669. The molecule has 5 heteroatoms. The Morgan fingerprint density at radius 1 is 1.30 bits per heavy atom. The number of allylic oxidation sites excluding steroid dienone is 2. The SMILES string of the molecule is CCOC(=O)C1CC=CC2C[C@H](C(=O)OC)C[C@H](O)C21. The fourth-order valence-electron chi connectivity index (χ4n) is 3.51. The van der Waals surface area contributed by atoms with Crippen LogP contribution in [-0.4, -0.2) is 36.9 Å². The number of fused-ring (bicyclic) bond motifs is 1. The first kappa shape index (κ1) is 15.0. The van der Waals surface area contributed by atoms with Crippen LogP contribution >= 0.6 is 0 Å². The molecule has 1 saturated carbocycles. The van der Waals surface area contributed by atoms with Gasteiger partial charge in [0.25, 0.3) is 0 Å². The Kier molecular flexibility index (Phi) is 4.81. The minimum absolute atomic E-state index is 0.0333. The molecule has 0 amide bonds. The van der Waals surface area contributed by atoms with Gasteiger partial charge in [-0.05, 0) is 32.1 Å². The average molecular weight is 282 g/mol. The molecule has 2 aliphatic carbocycles. The van der Waals surface area contributed by atoms with Crippen molar-refractivity contribution in [1.82, 2.24) is 0 Å². The molecule has 0 heterocycles. The fourth-order valence-corrected chi connectivity index (χ4v) is 3.51. The van der Waals surface area contributed by atoms with E-state index in [0.717, 1.165) is 0 Å². The maximum atomic E-state index is 12.0. The van der Waals surface area contributed by atoms with Crippen LogP contribution in [0, 0.1) is 23.7 Å². The summed E-state index contributed by atoms with van der Waals surface area (Å²) in [5, 5.41) is 10.4. The van der Waals surface area contributed by atoms with E-state index < -0.39 is 6.10 Å². The molecule has 0 aromatic carbocycles. The maximum Gasteiger partial charge on any atom is 0.309 e. The van der Waals surface area contributed by atoms with Crippen molar-refractivity contribution in [2.75, 3.05) is 13.7 Å². The quantitative estimate of drug-likeness (QED) is 0.624. The van der Waals surface area contributed by atoms with E-state index in [9.17, 15) is 14.7 Å². The van der Waals surface area contributed by atoms with Crippen LogP contribution in [0.3, 0.4) is 0 Å². The molecule has 20 heavy (non-hydrogen) atoms. The number of carbonyl (C=O) groups is 2. The van der Waals surface area contributed by atoms with Crippen LogP contribution in [0.2, 0.25) is 0 Å². The molecule has 1 N–H and O–H groups in total. The fraction of sp³-hybridized carbons (Fsp3) is 0.733. The zero-order valence-corrected chi connectivity index (χ0v) is 12.0. The molecule has 0 aromatic rings. The van der Waals surface area contributed by atoms with E-state index in [-0.39, 0.29) is 35.6 Å². The predicted octanol–water partition coefficient (Wildman–Crippen LogP) is 1.30. The van der Waals surface area contributed by atoms with Crippen molar-refractivity contribution < 1.29 is 24.2 Å². The Bertz CT molecular complexity index is 403. The van der Waals surface area contributed by atoms with Gasteiger partial charge in [0.15, 0.2) is 0 Å². The van der Waals surface area contributed by atoms with Crippen molar-refractivity contribution in [1.29, 1.82) is 0 Å². The van der Waals surface area contributed by atoms with Crippen LogP contribution < -0.4 is 0 Å². The number of esters is 2. The van der Waals surface area contributed by atoms with Crippen LogP contribution in [0.15, 0.2) is 12.2 Å². The lowest BCUT2D eigenvalue weighted by Gasteiger charge is -2.42. The number of aliphatic hydroxyl groups excluding tert-OH is 1. The van der Waals surface area contributed by atoms with Crippen LogP contribution in [0.4, 0.5) is 0 Å². The van der Waals surface area contributed by atoms with Crippen LogP contribution in [0.1, 0.15) is 26.2 Å². The summed E-state index contributed by atoms with van der Waals surface area (Å²) in [5.74, 6) is -1.25. The van der Waals surface area contributed by atoms with Gasteiger partial charge in [0.2, 0.25) is 0 Å². The van der Waals surface area contributed by atoms with Gasteiger partial charge in [-0.2, -0.15) is 0 Å². The number of ether oxygens (including phenoxy) is 2. The summed E-state index contributed by atoms with van der Waals surface area (Å²) in [7, 11) is 1.36. The Balaban J connectivity index is 2.13. The van der Waals surface area contributed by atoms with E-state index in [2.05, 4.69) is 0 Å². The first-order chi connectivity index (χ1) is 9.58. The summed E-state index contributed by atoms with van der Waals surface area (Å²) in [6, 6.07) is 0. The van der Waals surface area contributed by atoms with Gasteiger partial charge in [-0.15, -0.1) is 0 Å². The standard InChI is InChI=1S/C15H22O5/c1-3-20-15(18)11-6-4-5-9-7-10(14(17)19-2)8-12(16)13(9)11/h4-5,9-13,16H,3,6-8H2,1-2H3/t9?,10-,11?,12-,13?/m0/s1. The summed E-state index contributed by atoms with van der Waals surface area (Å²) in [6.07, 6.45) is 4.88. The number of carbonyl (C=O) groups excluding carboxylic acids is 2. The summed E-state index contributed by atoms with van der Waals surface area (Å²) in [6.45, 7) is 2.12. The maximum absolute atomic E-state index is 12.0. The molecule has 0 aliphatic heterocycles. The molecule has 5 atom stereocenters. The number of hydrogen-bond donors (Lipinski definition) is 1. The van der Waals surface area contributed by atoms with Crippen molar-refractivity contribution in [3.05, 3.63) is 12.2 Å². The van der Waals surface area contributed by atoms with E-state index in [0.29, 0.717) is 25.9 Å². The lowest BCUT2D eigenvalue weighted by atomic mass is 9.64. The van der Waals surface area contributed by atoms with Gasteiger partial charge >= 0.3 is 11.9 Å². The Labute approximate surface area is 118 Å². The molecule has 3 unspecified atom stereocenters. The van der Waals surface area contributed by atoms with Crippen molar-refractivity contribution in [2.24, 2.45) is 23.7 Å². The highest BCUT2D eigenvalue weighted by atomic mass is 16.5. The summed E-state index contributed by atoms with van der Waals surface area (Å²) >= 11 is 0. The van der Waals surface area contributed by atoms with Gasteiger partial charge < -0.3 is 14.6 Å². The number of rotatable bonds is 3. The van der Waals surface area contributed by atoms with E-state index in [1.807, 2.05) is 12.2 Å². The highest BCUT2D eigenvalue weighted by Gasteiger charge is 2.46. The highest BCUT2D eigenvalue weighted by Crippen LogP contribution is 2.43. The Hall–Kier alpha value is -1.36. The highest BCUT2D eigenvalue weighted by molar-refractivity contribution is 5.74. The second kappa shape index (κ2) is 6.39. The molecule has 0 saturated heterocycles. The molecule has 112 valence electrons. The summed E-state index contributed by atoms with van der Waals surface area (Å²) in [5.41, 5.74) is 0.